The molecule has 0 amide bonds. The highest BCUT2D eigenvalue weighted by Gasteiger charge is 2.16. The lowest BCUT2D eigenvalue weighted by atomic mass is 10.2. The number of hydrogen-bond donors (Lipinski definition) is 0. The number of halogens is 1. The molecule has 0 spiro atoms. The Hall–Kier alpha value is -2.63. The van der Waals surface area contributed by atoms with Crippen LogP contribution < -0.4 is 4.74 Å². The Balaban J connectivity index is 1.95. The third-order valence-corrected chi connectivity index (χ3v) is 3.37. The van der Waals surface area contributed by atoms with Gasteiger partial charge in [-0.05, 0) is 37.6 Å². The molecule has 0 N–H and O–H groups in total. The lowest BCUT2D eigenvalue weighted by molar-refractivity contribution is 0.413. The Morgan fingerprint density at radius 1 is 1.32 bits per heavy atom. The maximum atomic E-state index is 14.0. The van der Waals surface area contributed by atoms with Gasteiger partial charge in [0.1, 0.15) is 23.0 Å². The highest BCUT2D eigenvalue weighted by atomic mass is 19.1. The summed E-state index contributed by atoms with van der Waals surface area (Å²) in [6, 6.07) is 4.47. The summed E-state index contributed by atoms with van der Waals surface area (Å²) in [5.41, 5.74) is 2.07. The zero-order chi connectivity index (χ0) is 15.7. The predicted molar refractivity (Wildman–Crippen MR) is 79.3 cm³/mol. The van der Waals surface area contributed by atoms with Gasteiger partial charge in [-0.1, -0.05) is 0 Å². The molecule has 0 aliphatic heterocycles. The second-order valence-corrected chi connectivity index (χ2v) is 5.08. The van der Waals surface area contributed by atoms with Crippen LogP contribution in [0.15, 0.2) is 35.0 Å². The molecular weight excluding hydrogens is 285 g/mol. The summed E-state index contributed by atoms with van der Waals surface area (Å²) in [6.07, 6.45) is 3.69. The van der Waals surface area contributed by atoms with Gasteiger partial charge in [0.15, 0.2) is 0 Å². The number of aryl methyl sites for hydroxylation is 2. The zero-order valence-electron chi connectivity index (χ0n) is 12.6. The van der Waals surface area contributed by atoms with Crippen LogP contribution in [0.1, 0.15) is 17.0 Å². The molecule has 0 aliphatic carbocycles. The third-order valence-electron chi connectivity index (χ3n) is 3.37. The zero-order valence-corrected chi connectivity index (χ0v) is 12.6. The van der Waals surface area contributed by atoms with E-state index in [4.69, 9.17) is 9.15 Å². The maximum absolute atomic E-state index is 14.0. The van der Waals surface area contributed by atoms with Crippen LogP contribution in [0, 0.1) is 19.7 Å². The number of aromatic nitrogens is 3. The van der Waals surface area contributed by atoms with Gasteiger partial charge in [-0.15, -0.1) is 0 Å². The summed E-state index contributed by atoms with van der Waals surface area (Å²) >= 11 is 0. The van der Waals surface area contributed by atoms with Crippen molar-refractivity contribution in [2.45, 2.75) is 20.4 Å². The SMILES string of the molecule is COc1ccc(F)c(-c2nc(Cn3cc(C)cn3)c(C)o2)c1. The number of nitrogens with zero attached hydrogens (tertiary/aromatic N) is 3. The molecule has 0 unspecified atom stereocenters. The van der Waals surface area contributed by atoms with E-state index in [0.29, 0.717) is 18.1 Å². The summed E-state index contributed by atoms with van der Waals surface area (Å²) in [7, 11) is 1.53. The molecule has 2 aromatic heterocycles. The van der Waals surface area contributed by atoms with E-state index in [1.165, 1.54) is 13.2 Å². The van der Waals surface area contributed by atoms with Gasteiger partial charge in [0.05, 0.1) is 25.4 Å². The van der Waals surface area contributed by atoms with Gasteiger partial charge in [0.25, 0.3) is 0 Å². The average Bonchev–Trinajstić information content (AvgIpc) is 3.06. The lowest BCUT2D eigenvalue weighted by Gasteiger charge is -2.02. The summed E-state index contributed by atoms with van der Waals surface area (Å²) in [4.78, 5) is 4.40. The summed E-state index contributed by atoms with van der Waals surface area (Å²) < 4.78 is 26.5. The second kappa shape index (κ2) is 5.63. The Morgan fingerprint density at radius 3 is 2.82 bits per heavy atom. The van der Waals surface area contributed by atoms with Crippen molar-refractivity contribution in [3.05, 3.63) is 53.4 Å². The number of oxazole rings is 1. The molecule has 114 valence electrons. The van der Waals surface area contributed by atoms with Crippen LogP contribution in [0.4, 0.5) is 4.39 Å². The highest BCUT2D eigenvalue weighted by Crippen LogP contribution is 2.28. The monoisotopic (exact) mass is 301 g/mol. The first kappa shape index (κ1) is 14.3. The molecule has 0 bridgehead atoms. The molecule has 2 heterocycles. The first-order valence-corrected chi connectivity index (χ1v) is 6.86. The number of hydrogen-bond acceptors (Lipinski definition) is 4. The second-order valence-electron chi connectivity index (χ2n) is 5.08. The standard InChI is InChI=1S/C16H16FN3O2/c1-10-7-18-20(8-10)9-15-11(2)22-16(19-15)13-6-12(21-3)4-5-14(13)17/h4-8H,9H2,1-3H3. The van der Waals surface area contributed by atoms with Gasteiger partial charge in [-0.2, -0.15) is 5.10 Å². The number of ether oxygens (including phenoxy) is 1. The number of methoxy groups -OCH3 is 1. The Labute approximate surface area is 127 Å². The molecule has 0 saturated heterocycles. The summed E-state index contributed by atoms with van der Waals surface area (Å²) in [5.74, 6) is 1.04. The number of rotatable bonds is 4. The average molecular weight is 301 g/mol. The maximum Gasteiger partial charge on any atom is 0.229 e. The molecule has 0 atom stereocenters. The highest BCUT2D eigenvalue weighted by molar-refractivity contribution is 5.57. The molecule has 3 aromatic rings. The van der Waals surface area contributed by atoms with E-state index < -0.39 is 5.82 Å². The van der Waals surface area contributed by atoms with E-state index >= 15 is 0 Å². The van der Waals surface area contributed by atoms with Crippen molar-refractivity contribution in [1.82, 2.24) is 14.8 Å². The molecule has 6 heteroatoms. The molecule has 22 heavy (non-hydrogen) atoms. The van der Waals surface area contributed by atoms with E-state index in [1.54, 1.807) is 29.9 Å². The van der Waals surface area contributed by atoms with Crippen LogP contribution in [0.25, 0.3) is 11.5 Å². The van der Waals surface area contributed by atoms with Gasteiger partial charge in [0.2, 0.25) is 5.89 Å². The molecule has 0 radical (unpaired) electrons. The fourth-order valence-electron chi connectivity index (χ4n) is 2.19. The summed E-state index contributed by atoms with van der Waals surface area (Å²) in [6.45, 7) is 4.26. The van der Waals surface area contributed by atoms with Crippen LogP contribution in [-0.4, -0.2) is 21.9 Å². The molecule has 5 nitrogen and oxygen atoms in total. The Morgan fingerprint density at radius 2 is 2.14 bits per heavy atom. The van der Waals surface area contributed by atoms with Crippen molar-refractivity contribution in [3.63, 3.8) is 0 Å². The van der Waals surface area contributed by atoms with Crippen molar-refractivity contribution in [1.29, 1.82) is 0 Å². The Bertz CT molecular complexity index is 808. The fraction of sp³-hybridized carbons (Fsp3) is 0.250. The molecular formula is C16H16FN3O2. The van der Waals surface area contributed by atoms with E-state index in [0.717, 1.165) is 11.3 Å². The first-order valence-electron chi connectivity index (χ1n) is 6.86. The fourth-order valence-corrected chi connectivity index (χ4v) is 2.19. The van der Waals surface area contributed by atoms with Gasteiger partial charge in [-0.3, -0.25) is 4.68 Å². The quantitative estimate of drug-likeness (QED) is 0.741. The molecule has 3 rings (SSSR count). The predicted octanol–water partition coefficient (Wildman–Crippen LogP) is 3.35. The molecule has 0 saturated carbocycles. The van der Waals surface area contributed by atoms with Crippen molar-refractivity contribution in [2.75, 3.05) is 7.11 Å². The van der Waals surface area contributed by atoms with Crippen molar-refractivity contribution in [2.24, 2.45) is 0 Å². The van der Waals surface area contributed by atoms with Gasteiger partial charge in [-0.25, -0.2) is 9.37 Å². The van der Waals surface area contributed by atoms with Gasteiger partial charge in [0, 0.05) is 6.20 Å². The number of benzene rings is 1. The minimum absolute atomic E-state index is 0.243. The van der Waals surface area contributed by atoms with E-state index in [-0.39, 0.29) is 11.5 Å². The Kier molecular flexibility index (Phi) is 3.66. The molecule has 1 aromatic carbocycles. The summed E-state index contributed by atoms with van der Waals surface area (Å²) in [5, 5.41) is 4.22. The third kappa shape index (κ3) is 2.72. The van der Waals surface area contributed by atoms with Crippen LogP contribution >= 0.6 is 0 Å². The minimum Gasteiger partial charge on any atom is -0.497 e. The lowest BCUT2D eigenvalue weighted by Crippen LogP contribution is -2.01. The van der Waals surface area contributed by atoms with Gasteiger partial charge < -0.3 is 9.15 Å². The molecule has 0 aliphatic rings. The van der Waals surface area contributed by atoms with Gasteiger partial charge >= 0.3 is 0 Å². The molecule has 0 fully saturated rings. The first-order chi connectivity index (χ1) is 10.6. The van der Waals surface area contributed by atoms with E-state index in [1.807, 2.05) is 13.1 Å². The van der Waals surface area contributed by atoms with E-state index in [2.05, 4.69) is 10.1 Å². The van der Waals surface area contributed by atoms with Crippen LogP contribution in [0.2, 0.25) is 0 Å². The van der Waals surface area contributed by atoms with Crippen LogP contribution in [0.3, 0.4) is 0 Å². The topological polar surface area (TPSA) is 53.1 Å². The smallest absolute Gasteiger partial charge is 0.229 e. The largest absolute Gasteiger partial charge is 0.497 e. The van der Waals surface area contributed by atoms with Crippen molar-refractivity contribution < 1.29 is 13.5 Å². The normalized spacial score (nSPS) is 10.9. The minimum atomic E-state index is -0.400. The van der Waals surface area contributed by atoms with Crippen LogP contribution in [-0.2, 0) is 6.54 Å². The van der Waals surface area contributed by atoms with E-state index in [9.17, 15) is 4.39 Å². The van der Waals surface area contributed by atoms with Crippen molar-refractivity contribution in [3.8, 4) is 17.2 Å². The van der Waals surface area contributed by atoms with Crippen LogP contribution in [0.5, 0.6) is 5.75 Å². The van der Waals surface area contributed by atoms with Crippen molar-refractivity contribution >= 4 is 0 Å².